The monoisotopic (exact) mass is 735 g/mol. The molecule has 0 saturated carbocycles. The maximum Gasteiger partial charge on any atom is 2.00 e. The van der Waals surface area contributed by atoms with Crippen molar-refractivity contribution in [3.8, 4) is 0 Å². The van der Waals surface area contributed by atoms with Gasteiger partial charge in [-0.2, -0.15) is 0 Å². The van der Waals surface area contributed by atoms with Crippen LogP contribution in [0.5, 0.6) is 0 Å². The molecule has 22 nitrogen and oxygen atoms in total. The van der Waals surface area contributed by atoms with Gasteiger partial charge in [0.25, 0.3) is 0 Å². The summed E-state index contributed by atoms with van der Waals surface area (Å²) in [4.78, 5) is 17.6. The van der Waals surface area contributed by atoms with E-state index in [4.69, 9.17) is 35.0 Å². The van der Waals surface area contributed by atoms with Crippen LogP contribution in [0.3, 0.4) is 0 Å². The van der Waals surface area contributed by atoms with Crippen molar-refractivity contribution < 1.29 is 124 Å². The molecule has 0 fully saturated rings. The Morgan fingerprint density at radius 3 is 0.875 bits per heavy atom. The number of nitrogens with zero attached hydrogens (tertiary/aromatic N) is 4. The van der Waals surface area contributed by atoms with Crippen LogP contribution in [0.4, 0.5) is 0 Å². The first kappa shape index (κ1) is 71.3. The fourth-order valence-electron chi connectivity index (χ4n) is 2.31. The molecule has 4 rings (SSSR count). The number of pyridine rings is 2. The third-order valence-electron chi connectivity index (χ3n) is 3.05. The van der Waals surface area contributed by atoms with Gasteiger partial charge in [0.1, 0.15) is 11.0 Å². The minimum Gasteiger partial charge on any atom is -0.759 e. The summed E-state index contributed by atoms with van der Waals surface area (Å²) in [5.41, 5.74) is 3.36. The molecule has 0 spiro atoms. The van der Waals surface area contributed by atoms with E-state index in [1.165, 1.54) is 0 Å². The second-order valence-corrected chi connectivity index (χ2v) is 6.50. The Morgan fingerprint density at radius 1 is 0.450 bits per heavy atom. The number of aromatic nitrogens is 4. The van der Waals surface area contributed by atoms with E-state index in [-0.39, 0.29) is 88.9 Å². The summed E-state index contributed by atoms with van der Waals surface area (Å²) in [6.07, 6.45) is 6.92. The van der Waals surface area contributed by atoms with Crippen LogP contribution >= 0.6 is 0 Å². The van der Waals surface area contributed by atoms with Crippen LogP contribution in [0.15, 0.2) is 49.1 Å². The van der Waals surface area contributed by atoms with Crippen LogP contribution in [0, 0.1) is 0 Å². The molecule has 0 aliphatic heterocycles. The maximum absolute atomic E-state index is 8.52. The van der Waals surface area contributed by atoms with Crippen molar-refractivity contribution in [3.63, 3.8) is 0 Å². The van der Waals surface area contributed by atoms with Crippen LogP contribution in [0.1, 0.15) is 0 Å². The summed E-state index contributed by atoms with van der Waals surface area (Å²) in [6.45, 7) is 0. The average Bonchev–Trinajstić information content (AvgIpc) is 2.59. The Kier molecular flexibility index (Phi) is 53.0. The smallest absolute Gasteiger partial charge is 0.759 e. The van der Waals surface area contributed by atoms with E-state index in [0.717, 1.165) is 32.8 Å². The molecular formula is C14H33Cu2N4O18S2+5. The van der Waals surface area contributed by atoms with Crippen molar-refractivity contribution in [2.75, 3.05) is 0 Å². The first-order valence-electron chi connectivity index (χ1n) is 7.00. The minimum atomic E-state index is -5.17. The second kappa shape index (κ2) is 29.7. The van der Waals surface area contributed by atoms with Crippen LogP contribution < -0.4 is 0 Å². The van der Waals surface area contributed by atoms with Crippen LogP contribution in [-0.2, 0) is 82.3 Å². The fraction of sp³-hybridized carbons (Fsp3) is 0. The molecule has 26 heteroatoms. The van der Waals surface area contributed by atoms with E-state index in [9.17, 15) is 0 Å². The van der Waals surface area contributed by atoms with Gasteiger partial charge in [0.05, 0.1) is 11.0 Å². The Hall–Kier alpha value is -2.24. The maximum atomic E-state index is 8.52. The van der Waals surface area contributed by atoms with Gasteiger partial charge < -0.3 is 73.0 Å². The van der Waals surface area contributed by atoms with E-state index in [2.05, 4.69) is 19.9 Å². The van der Waals surface area contributed by atoms with Crippen molar-refractivity contribution in [2.45, 2.75) is 0 Å². The first-order valence-corrected chi connectivity index (χ1v) is 9.67. The molecule has 25 N–H and O–H groups in total. The normalized spacial score (nSPS) is 8.00. The van der Waals surface area contributed by atoms with E-state index < -0.39 is 20.8 Å². The number of fused-ring (bicyclic) bond motifs is 6. The summed E-state index contributed by atoms with van der Waals surface area (Å²) in [5, 5.41) is 2.13. The molecule has 3 heterocycles. The molecule has 0 atom stereocenters. The number of hydrogen-bond donors (Lipinski definition) is 0. The van der Waals surface area contributed by atoms with Gasteiger partial charge in [0.15, 0.2) is 0 Å². The zero-order valence-corrected chi connectivity index (χ0v) is 23.0. The third kappa shape index (κ3) is 23.6. The standard InChI is InChI=1S/C14H8N4.2Cu.2H2O4S.10H2O/c1-3-9-10-4-2-6-16-12(10)14-13(11(9)15-5-1)17-7-8-18-14;;;2*1-5(2,3)4;;;;;;;;;;/h1-8H;;;2*(H2,1,2,3,4);10*1H2/q;2*+2;;;;;;;;;;;;/p+1. The molecule has 2 radical (unpaired) electrons. The minimum absolute atomic E-state index is 0. The Balaban J connectivity index is -0.0000000381. The van der Waals surface area contributed by atoms with Crippen LogP contribution in [0.25, 0.3) is 32.8 Å². The molecule has 0 saturated heterocycles. The Bertz CT molecular complexity index is 1100. The average molecular weight is 737 g/mol. The van der Waals surface area contributed by atoms with Crippen molar-refractivity contribution in [1.82, 2.24) is 19.9 Å². The van der Waals surface area contributed by atoms with Gasteiger partial charge in [-0.3, -0.25) is 36.8 Å². The van der Waals surface area contributed by atoms with E-state index in [0.29, 0.717) is 0 Å². The fourth-order valence-corrected chi connectivity index (χ4v) is 2.31. The summed E-state index contributed by atoms with van der Waals surface area (Å²) in [7, 11) is -10.3. The quantitative estimate of drug-likeness (QED) is 0.0534. The molecule has 0 bridgehead atoms. The third-order valence-corrected chi connectivity index (χ3v) is 3.05. The van der Waals surface area contributed by atoms with Crippen LogP contribution in [-0.4, -0.2) is 82.4 Å². The van der Waals surface area contributed by atoms with Gasteiger partial charge in [-0.25, -0.2) is 0 Å². The van der Waals surface area contributed by atoms with Crippen molar-refractivity contribution in [3.05, 3.63) is 49.1 Å². The van der Waals surface area contributed by atoms with Crippen molar-refractivity contribution >= 4 is 53.6 Å². The summed E-state index contributed by atoms with van der Waals surface area (Å²) >= 11 is 0. The number of hydrogen-bond acceptors (Lipinski definition) is 12. The van der Waals surface area contributed by atoms with Gasteiger partial charge in [-0.1, -0.05) is 12.1 Å². The predicted molar refractivity (Wildman–Crippen MR) is 134 cm³/mol. The van der Waals surface area contributed by atoms with E-state index in [1.54, 1.807) is 24.8 Å². The molecule has 3 aromatic heterocycles. The Morgan fingerprint density at radius 2 is 0.650 bits per heavy atom. The first-order chi connectivity index (χ1) is 12.9. The topological polar surface area (TPSA) is 535 Å². The van der Waals surface area contributed by atoms with Crippen molar-refractivity contribution in [2.24, 2.45) is 0 Å². The molecule has 4 aromatic rings. The summed E-state index contributed by atoms with van der Waals surface area (Å²) in [5.74, 6) is 0. The molecule has 0 unspecified atom stereocenters. The molecule has 1 aromatic carbocycles. The second-order valence-electron chi connectivity index (χ2n) is 4.87. The van der Waals surface area contributed by atoms with Crippen molar-refractivity contribution in [1.29, 1.82) is 0 Å². The number of rotatable bonds is 0. The van der Waals surface area contributed by atoms with Gasteiger partial charge in [-0.15, -0.1) is 0 Å². The summed E-state index contributed by atoms with van der Waals surface area (Å²) in [6, 6.07) is 7.94. The SMILES string of the molecule is O.O.O.O.O.O=S(=O)([O-])[O-].O=S(=O)([O-])[O-].[Cu+2].[Cu+2].[OH3+].[OH3+].[OH3+].[OH3+].[OH3+].c1cnc2c(c1)c1cccnc1c1nccnc21. The van der Waals surface area contributed by atoms with Crippen LogP contribution in [0.2, 0.25) is 0 Å². The molecule has 0 amide bonds. The molecule has 0 aliphatic carbocycles. The van der Waals surface area contributed by atoms with E-state index in [1.807, 2.05) is 24.3 Å². The van der Waals surface area contributed by atoms with Gasteiger partial charge >= 0.3 is 34.1 Å². The zero-order valence-electron chi connectivity index (χ0n) is 19.5. The van der Waals surface area contributed by atoms with Gasteiger partial charge in [0.2, 0.25) is 0 Å². The molecular weight excluding hydrogens is 703 g/mol. The number of benzene rings is 1. The summed E-state index contributed by atoms with van der Waals surface area (Å²) < 4.78 is 68.2. The molecule has 246 valence electrons. The van der Waals surface area contributed by atoms with E-state index >= 15 is 0 Å². The zero-order chi connectivity index (χ0) is 20.9. The Labute approximate surface area is 246 Å². The predicted octanol–water partition coefficient (Wildman–Crippen LogP) is -8.69. The van der Waals surface area contributed by atoms with Gasteiger partial charge in [0, 0.05) is 56.4 Å². The van der Waals surface area contributed by atoms with Gasteiger partial charge in [-0.05, 0) is 12.1 Å². The molecule has 40 heavy (non-hydrogen) atoms. The largest absolute Gasteiger partial charge is 2.00 e. The molecule has 0 aliphatic rings.